The van der Waals surface area contributed by atoms with E-state index < -0.39 is 30.4 Å². The number of amides is 2. The summed E-state index contributed by atoms with van der Waals surface area (Å²) in [7, 11) is 0. The molecule has 0 heterocycles. The maximum absolute atomic E-state index is 12.5. The molecule has 0 aliphatic heterocycles. The first-order valence-electron chi connectivity index (χ1n) is 8.01. The predicted molar refractivity (Wildman–Crippen MR) is 98.2 cm³/mol. The molecule has 5 N–H and O–H groups in total. The van der Waals surface area contributed by atoms with Gasteiger partial charge in [-0.25, -0.2) is 0 Å². The van der Waals surface area contributed by atoms with Crippen molar-refractivity contribution < 1.29 is 19.5 Å². The monoisotopic (exact) mass is 367 g/mol. The van der Waals surface area contributed by atoms with Crippen LogP contribution in [0.1, 0.15) is 31.4 Å². The number of aliphatic carboxylic acids is 1. The summed E-state index contributed by atoms with van der Waals surface area (Å²) in [6.07, 6.45) is 1.84. The Morgan fingerprint density at radius 2 is 1.80 bits per heavy atom. The SMILES string of the molecule is CCC(NC(=O)[C@@H](N)CC(=O)O)C(=O)N[C@@H](CSC)c1ccccc1. The van der Waals surface area contributed by atoms with Gasteiger partial charge >= 0.3 is 5.97 Å². The Bertz CT molecular complexity index is 583. The average molecular weight is 367 g/mol. The number of carbonyl (C=O) groups excluding carboxylic acids is 2. The van der Waals surface area contributed by atoms with E-state index in [4.69, 9.17) is 10.8 Å². The van der Waals surface area contributed by atoms with Crippen molar-refractivity contribution in [3.05, 3.63) is 35.9 Å². The number of nitrogens with one attached hydrogen (secondary N) is 2. The molecule has 0 spiro atoms. The molecule has 0 fully saturated rings. The molecule has 1 aromatic rings. The molecule has 0 radical (unpaired) electrons. The van der Waals surface area contributed by atoms with Crippen molar-refractivity contribution in [1.29, 1.82) is 0 Å². The van der Waals surface area contributed by atoms with Gasteiger partial charge in [-0.2, -0.15) is 11.8 Å². The summed E-state index contributed by atoms with van der Waals surface area (Å²) in [5.74, 6) is -1.44. The highest BCUT2D eigenvalue weighted by Crippen LogP contribution is 2.17. The molecular formula is C17H25N3O4S. The fourth-order valence-electron chi connectivity index (χ4n) is 2.26. The van der Waals surface area contributed by atoms with Gasteiger partial charge in [0, 0.05) is 5.75 Å². The molecule has 8 heteroatoms. The highest BCUT2D eigenvalue weighted by Gasteiger charge is 2.25. The van der Waals surface area contributed by atoms with E-state index in [2.05, 4.69) is 10.6 Å². The van der Waals surface area contributed by atoms with E-state index in [1.807, 2.05) is 36.6 Å². The first kappa shape index (κ1) is 21.0. The number of carbonyl (C=O) groups is 3. The normalized spacial score (nSPS) is 14.2. The van der Waals surface area contributed by atoms with Crippen molar-refractivity contribution in [2.45, 2.75) is 37.9 Å². The van der Waals surface area contributed by atoms with Gasteiger partial charge < -0.3 is 21.5 Å². The Hall–Kier alpha value is -2.06. The zero-order chi connectivity index (χ0) is 18.8. The van der Waals surface area contributed by atoms with Gasteiger partial charge in [0.1, 0.15) is 6.04 Å². The lowest BCUT2D eigenvalue weighted by atomic mass is 10.1. The summed E-state index contributed by atoms with van der Waals surface area (Å²) >= 11 is 1.60. The van der Waals surface area contributed by atoms with Crippen molar-refractivity contribution in [2.24, 2.45) is 5.73 Å². The molecule has 1 aromatic carbocycles. The number of hydrogen-bond acceptors (Lipinski definition) is 5. The van der Waals surface area contributed by atoms with Gasteiger partial charge in [-0.3, -0.25) is 14.4 Å². The fraction of sp³-hybridized carbons (Fsp3) is 0.471. The summed E-state index contributed by atoms with van der Waals surface area (Å²) in [6, 6.07) is 7.45. The summed E-state index contributed by atoms with van der Waals surface area (Å²) < 4.78 is 0. The van der Waals surface area contributed by atoms with Crippen molar-refractivity contribution in [3.63, 3.8) is 0 Å². The highest BCUT2D eigenvalue weighted by atomic mass is 32.2. The maximum atomic E-state index is 12.5. The number of carboxylic acid groups (broad SMARTS) is 1. The second-order valence-electron chi connectivity index (χ2n) is 5.60. The Kier molecular flexibility index (Phi) is 9.01. The van der Waals surface area contributed by atoms with Gasteiger partial charge in [0.05, 0.1) is 18.5 Å². The molecule has 0 aromatic heterocycles. The summed E-state index contributed by atoms with van der Waals surface area (Å²) in [5.41, 5.74) is 6.51. The second-order valence-corrected chi connectivity index (χ2v) is 6.51. The first-order valence-corrected chi connectivity index (χ1v) is 9.40. The molecule has 3 atom stereocenters. The van der Waals surface area contributed by atoms with Crippen LogP contribution in [0.4, 0.5) is 0 Å². The van der Waals surface area contributed by atoms with Crippen molar-refractivity contribution in [2.75, 3.05) is 12.0 Å². The van der Waals surface area contributed by atoms with Gasteiger partial charge in [0.2, 0.25) is 11.8 Å². The largest absolute Gasteiger partial charge is 0.481 e. The standard InChI is InChI=1S/C17H25N3O4S/c1-3-13(19-16(23)12(18)9-15(21)22)17(24)20-14(10-25-2)11-7-5-4-6-8-11/h4-8,12-14H,3,9-10,18H2,1-2H3,(H,19,23)(H,20,24)(H,21,22)/t12-,13?,14-/m0/s1. The van der Waals surface area contributed by atoms with E-state index >= 15 is 0 Å². The first-order chi connectivity index (χ1) is 11.9. The lowest BCUT2D eigenvalue weighted by Crippen LogP contribution is -2.52. The lowest BCUT2D eigenvalue weighted by molar-refractivity contribution is -0.139. The summed E-state index contributed by atoms with van der Waals surface area (Å²) in [6.45, 7) is 1.76. The molecule has 138 valence electrons. The van der Waals surface area contributed by atoms with E-state index in [0.717, 1.165) is 5.56 Å². The molecule has 25 heavy (non-hydrogen) atoms. The minimum Gasteiger partial charge on any atom is -0.481 e. The van der Waals surface area contributed by atoms with Crippen LogP contribution in [0, 0.1) is 0 Å². The van der Waals surface area contributed by atoms with Crippen LogP contribution in [0.5, 0.6) is 0 Å². The van der Waals surface area contributed by atoms with Crippen LogP contribution >= 0.6 is 11.8 Å². The molecule has 0 aliphatic rings. The Balaban J connectivity index is 2.73. The maximum Gasteiger partial charge on any atom is 0.305 e. The number of nitrogens with two attached hydrogens (primary N) is 1. The number of hydrogen-bond donors (Lipinski definition) is 4. The molecule has 7 nitrogen and oxygen atoms in total. The average Bonchev–Trinajstić information content (AvgIpc) is 2.59. The predicted octanol–water partition coefficient (Wildman–Crippen LogP) is 0.904. The van der Waals surface area contributed by atoms with Crippen molar-refractivity contribution in [1.82, 2.24) is 10.6 Å². The zero-order valence-corrected chi connectivity index (χ0v) is 15.2. The molecule has 0 saturated carbocycles. The number of thioether (sulfide) groups is 1. The molecule has 0 saturated heterocycles. The molecule has 1 unspecified atom stereocenters. The van der Waals surface area contributed by atoms with E-state index in [9.17, 15) is 14.4 Å². The molecule has 0 aliphatic carbocycles. The van der Waals surface area contributed by atoms with Crippen LogP contribution in [0.3, 0.4) is 0 Å². The zero-order valence-electron chi connectivity index (χ0n) is 14.4. The topological polar surface area (TPSA) is 122 Å². The molecule has 1 rings (SSSR count). The Morgan fingerprint density at radius 1 is 1.16 bits per heavy atom. The second kappa shape index (κ2) is 10.7. The van der Waals surface area contributed by atoms with E-state index in [1.165, 1.54) is 0 Å². The third-order valence-electron chi connectivity index (χ3n) is 3.62. The fourth-order valence-corrected chi connectivity index (χ4v) is 2.87. The minimum atomic E-state index is -1.18. The van der Waals surface area contributed by atoms with Crippen molar-refractivity contribution >= 4 is 29.5 Å². The van der Waals surface area contributed by atoms with Gasteiger partial charge in [0.15, 0.2) is 0 Å². The number of rotatable bonds is 10. The van der Waals surface area contributed by atoms with Crippen molar-refractivity contribution in [3.8, 4) is 0 Å². The van der Waals surface area contributed by atoms with Crippen LogP contribution < -0.4 is 16.4 Å². The van der Waals surface area contributed by atoms with Crippen LogP contribution in [-0.4, -0.2) is 47.0 Å². The third kappa shape index (κ3) is 7.15. The number of carboxylic acids is 1. The molecule has 0 bridgehead atoms. The lowest BCUT2D eigenvalue weighted by Gasteiger charge is -2.23. The van der Waals surface area contributed by atoms with Gasteiger partial charge in [-0.1, -0.05) is 37.3 Å². The smallest absolute Gasteiger partial charge is 0.305 e. The quantitative estimate of drug-likeness (QED) is 0.487. The third-order valence-corrected chi connectivity index (χ3v) is 4.29. The minimum absolute atomic E-state index is 0.178. The van der Waals surface area contributed by atoms with Crippen LogP contribution in [0.15, 0.2) is 30.3 Å². The van der Waals surface area contributed by atoms with Gasteiger partial charge in [-0.15, -0.1) is 0 Å². The molecule has 2 amide bonds. The summed E-state index contributed by atoms with van der Waals surface area (Å²) in [4.78, 5) is 35.1. The van der Waals surface area contributed by atoms with Gasteiger partial charge in [0.25, 0.3) is 0 Å². The van der Waals surface area contributed by atoms with E-state index in [-0.39, 0.29) is 11.9 Å². The van der Waals surface area contributed by atoms with E-state index in [1.54, 1.807) is 18.7 Å². The number of benzene rings is 1. The van der Waals surface area contributed by atoms with Crippen LogP contribution in [0.2, 0.25) is 0 Å². The Labute approximate surface area is 151 Å². The molecular weight excluding hydrogens is 342 g/mol. The Morgan fingerprint density at radius 3 is 2.32 bits per heavy atom. The van der Waals surface area contributed by atoms with Crippen LogP contribution in [-0.2, 0) is 14.4 Å². The highest BCUT2D eigenvalue weighted by molar-refractivity contribution is 7.98. The van der Waals surface area contributed by atoms with E-state index in [0.29, 0.717) is 12.2 Å². The van der Waals surface area contributed by atoms with Gasteiger partial charge in [-0.05, 0) is 18.2 Å². The summed E-state index contributed by atoms with van der Waals surface area (Å²) in [5, 5.41) is 14.2. The van der Waals surface area contributed by atoms with Crippen LogP contribution in [0.25, 0.3) is 0 Å².